The second-order valence-corrected chi connectivity index (χ2v) is 5.56. The number of rotatable bonds is 9. The zero-order valence-electron chi connectivity index (χ0n) is 13.0. The Bertz CT molecular complexity index is 338. The molecule has 1 atom stereocenters. The van der Waals surface area contributed by atoms with Gasteiger partial charge < -0.3 is 25.0 Å². The number of carboxylic acid groups (broad SMARTS) is 1. The number of aliphatic carboxylic acids is 1. The van der Waals surface area contributed by atoms with E-state index in [0.29, 0.717) is 32.0 Å². The van der Waals surface area contributed by atoms with E-state index in [2.05, 4.69) is 10.2 Å². The lowest BCUT2D eigenvalue weighted by Gasteiger charge is -2.20. The number of carboxylic acids is 1. The number of hydrogen-bond donors (Lipinski definition) is 2. The van der Waals surface area contributed by atoms with Crippen LogP contribution in [-0.4, -0.2) is 80.4 Å². The molecule has 0 aromatic rings. The van der Waals surface area contributed by atoms with Crippen LogP contribution in [0.15, 0.2) is 0 Å². The van der Waals surface area contributed by atoms with Gasteiger partial charge in [-0.2, -0.15) is 0 Å². The molecule has 122 valence electrons. The van der Waals surface area contributed by atoms with Gasteiger partial charge in [-0.1, -0.05) is 0 Å². The summed E-state index contributed by atoms with van der Waals surface area (Å²) in [6.45, 7) is 4.30. The Morgan fingerprint density at radius 2 is 2.19 bits per heavy atom. The van der Waals surface area contributed by atoms with Gasteiger partial charge in [-0.25, -0.2) is 4.79 Å². The van der Waals surface area contributed by atoms with E-state index >= 15 is 0 Å². The van der Waals surface area contributed by atoms with E-state index in [1.807, 2.05) is 7.05 Å². The smallest absolute Gasteiger partial charge is 0.317 e. The van der Waals surface area contributed by atoms with E-state index in [0.717, 1.165) is 26.1 Å². The minimum Gasteiger partial charge on any atom is -0.481 e. The van der Waals surface area contributed by atoms with Crippen LogP contribution in [0.5, 0.6) is 0 Å². The highest BCUT2D eigenvalue weighted by Gasteiger charge is 2.26. The van der Waals surface area contributed by atoms with Gasteiger partial charge >= 0.3 is 12.0 Å². The van der Waals surface area contributed by atoms with Gasteiger partial charge in [0.2, 0.25) is 0 Å². The summed E-state index contributed by atoms with van der Waals surface area (Å²) in [4.78, 5) is 26.4. The molecule has 7 nitrogen and oxygen atoms in total. The van der Waals surface area contributed by atoms with Crippen LogP contribution in [0, 0.1) is 5.92 Å². The van der Waals surface area contributed by atoms with Crippen molar-refractivity contribution >= 4 is 12.0 Å². The maximum absolute atomic E-state index is 12.0. The molecule has 0 aromatic carbocycles. The molecule has 1 saturated heterocycles. The largest absolute Gasteiger partial charge is 0.481 e. The molecule has 1 rings (SSSR count). The number of carbonyl (C=O) groups excluding carboxylic acids is 1. The summed E-state index contributed by atoms with van der Waals surface area (Å²) in [5.41, 5.74) is 0. The minimum atomic E-state index is -0.767. The summed E-state index contributed by atoms with van der Waals surface area (Å²) >= 11 is 0. The number of ether oxygens (including phenoxy) is 1. The van der Waals surface area contributed by atoms with Crippen LogP contribution in [0.4, 0.5) is 4.79 Å². The van der Waals surface area contributed by atoms with E-state index in [9.17, 15) is 9.59 Å². The zero-order valence-corrected chi connectivity index (χ0v) is 13.0. The number of carbonyl (C=O) groups is 2. The fourth-order valence-corrected chi connectivity index (χ4v) is 2.40. The molecular weight excluding hydrogens is 274 g/mol. The fourth-order valence-electron chi connectivity index (χ4n) is 2.40. The SMILES string of the molecule is COCCN(C)CCNC(=O)N1CCC(CCC(=O)O)C1. The summed E-state index contributed by atoms with van der Waals surface area (Å²) < 4.78 is 4.99. The van der Waals surface area contributed by atoms with Crippen LogP contribution in [0.25, 0.3) is 0 Å². The van der Waals surface area contributed by atoms with Crippen molar-refractivity contribution in [1.82, 2.24) is 15.1 Å². The van der Waals surface area contributed by atoms with Gasteiger partial charge in [0, 0.05) is 46.3 Å². The topological polar surface area (TPSA) is 82.1 Å². The molecule has 1 unspecified atom stereocenters. The quantitative estimate of drug-likeness (QED) is 0.646. The monoisotopic (exact) mass is 301 g/mol. The third-order valence-electron chi connectivity index (χ3n) is 3.79. The first kappa shape index (κ1) is 17.7. The van der Waals surface area contributed by atoms with E-state index in [1.54, 1.807) is 12.0 Å². The number of nitrogens with zero attached hydrogens (tertiary/aromatic N) is 2. The first-order valence-corrected chi connectivity index (χ1v) is 7.45. The highest BCUT2D eigenvalue weighted by atomic mass is 16.5. The Morgan fingerprint density at radius 3 is 2.86 bits per heavy atom. The van der Waals surface area contributed by atoms with Crippen molar-refractivity contribution in [2.75, 3.05) is 53.5 Å². The van der Waals surface area contributed by atoms with Crippen molar-refractivity contribution in [1.29, 1.82) is 0 Å². The number of hydrogen-bond acceptors (Lipinski definition) is 4. The molecule has 2 N–H and O–H groups in total. The Labute approximate surface area is 126 Å². The van der Waals surface area contributed by atoms with Gasteiger partial charge in [0.05, 0.1) is 6.61 Å². The second kappa shape index (κ2) is 9.57. The maximum atomic E-state index is 12.0. The normalized spacial score (nSPS) is 18.2. The molecule has 0 spiro atoms. The molecule has 1 aliphatic heterocycles. The van der Waals surface area contributed by atoms with Crippen LogP contribution in [0.3, 0.4) is 0 Å². The van der Waals surface area contributed by atoms with Crippen molar-refractivity contribution < 1.29 is 19.4 Å². The average molecular weight is 301 g/mol. The fraction of sp³-hybridized carbons (Fsp3) is 0.857. The van der Waals surface area contributed by atoms with Crippen molar-refractivity contribution in [2.45, 2.75) is 19.3 Å². The van der Waals surface area contributed by atoms with Gasteiger partial charge in [0.1, 0.15) is 0 Å². The summed E-state index contributed by atoms with van der Waals surface area (Å²) in [5, 5.41) is 11.6. The molecule has 0 saturated carbocycles. The molecule has 1 aliphatic rings. The third-order valence-corrected chi connectivity index (χ3v) is 3.79. The van der Waals surface area contributed by atoms with Gasteiger partial charge in [-0.15, -0.1) is 0 Å². The number of urea groups is 1. The van der Waals surface area contributed by atoms with Gasteiger partial charge in [-0.05, 0) is 25.8 Å². The van der Waals surface area contributed by atoms with Gasteiger partial charge in [-0.3, -0.25) is 4.79 Å². The lowest BCUT2D eigenvalue weighted by atomic mass is 10.0. The van der Waals surface area contributed by atoms with E-state index in [1.165, 1.54) is 0 Å². The highest BCUT2D eigenvalue weighted by molar-refractivity contribution is 5.74. The first-order valence-electron chi connectivity index (χ1n) is 7.45. The van der Waals surface area contributed by atoms with Gasteiger partial charge in [0.25, 0.3) is 0 Å². The molecule has 1 heterocycles. The second-order valence-electron chi connectivity index (χ2n) is 5.56. The molecule has 7 heteroatoms. The standard InChI is InChI=1S/C14H27N3O4/c1-16(9-10-21-2)8-6-15-14(20)17-7-5-12(11-17)3-4-13(18)19/h12H,3-11H2,1-2H3,(H,15,20)(H,18,19). The maximum Gasteiger partial charge on any atom is 0.317 e. The zero-order chi connectivity index (χ0) is 15.7. The van der Waals surface area contributed by atoms with Crippen LogP contribution in [0.1, 0.15) is 19.3 Å². The predicted octanol–water partition coefficient (Wildman–Crippen LogP) is 0.461. The molecule has 21 heavy (non-hydrogen) atoms. The summed E-state index contributed by atoms with van der Waals surface area (Å²) in [6, 6.07) is -0.0482. The van der Waals surface area contributed by atoms with Crippen molar-refractivity contribution in [2.24, 2.45) is 5.92 Å². The van der Waals surface area contributed by atoms with E-state index < -0.39 is 5.97 Å². The number of amides is 2. The lowest BCUT2D eigenvalue weighted by Crippen LogP contribution is -2.42. The Hall–Kier alpha value is -1.34. The van der Waals surface area contributed by atoms with E-state index in [-0.39, 0.29) is 12.5 Å². The summed E-state index contributed by atoms with van der Waals surface area (Å²) in [5.74, 6) is -0.451. The number of likely N-dealkylation sites (N-methyl/N-ethyl adjacent to an activating group) is 1. The minimum absolute atomic E-state index is 0.0482. The van der Waals surface area contributed by atoms with Crippen LogP contribution in [0.2, 0.25) is 0 Å². The first-order chi connectivity index (χ1) is 10.0. The van der Waals surface area contributed by atoms with Crippen molar-refractivity contribution in [3.8, 4) is 0 Å². The molecule has 0 aliphatic carbocycles. The predicted molar refractivity (Wildman–Crippen MR) is 79.3 cm³/mol. The van der Waals surface area contributed by atoms with Gasteiger partial charge in [0.15, 0.2) is 0 Å². The molecule has 0 radical (unpaired) electrons. The van der Waals surface area contributed by atoms with Crippen molar-refractivity contribution in [3.05, 3.63) is 0 Å². The highest BCUT2D eigenvalue weighted by Crippen LogP contribution is 2.20. The average Bonchev–Trinajstić information content (AvgIpc) is 2.91. The van der Waals surface area contributed by atoms with E-state index in [4.69, 9.17) is 9.84 Å². The molecular formula is C14H27N3O4. The Morgan fingerprint density at radius 1 is 1.43 bits per heavy atom. The van der Waals surface area contributed by atoms with Crippen LogP contribution < -0.4 is 5.32 Å². The molecule has 1 fully saturated rings. The number of nitrogens with one attached hydrogen (secondary N) is 1. The Kier molecular flexibility index (Phi) is 8.07. The molecule has 2 amide bonds. The lowest BCUT2D eigenvalue weighted by molar-refractivity contribution is -0.137. The van der Waals surface area contributed by atoms with Crippen LogP contribution in [-0.2, 0) is 9.53 Å². The third kappa shape index (κ3) is 7.29. The van der Waals surface area contributed by atoms with Crippen LogP contribution >= 0.6 is 0 Å². The Balaban J connectivity index is 2.14. The van der Waals surface area contributed by atoms with Crippen molar-refractivity contribution in [3.63, 3.8) is 0 Å². The number of methoxy groups -OCH3 is 1. The molecule has 0 bridgehead atoms. The summed E-state index contributed by atoms with van der Waals surface area (Å²) in [7, 11) is 3.66. The molecule has 0 aromatic heterocycles. The summed E-state index contributed by atoms with van der Waals surface area (Å²) in [6.07, 6.45) is 1.73. The number of likely N-dealkylation sites (tertiary alicyclic amines) is 1.